The Morgan fingerprint density at radius 3 is 2.53 bits per heavy atom. The molecule has 4 rings (SSSR count). The van der Waals surface area contributed by atoms with E-state index >= 15 is 0 Å². The van der Waals surface area contributed by atoms with Crippen LogP contribution in [0.4, 0.5) is 5.69 Å². The Bertz CT molecular complexity index is 1340. The second kappa shape index (κ2) is 8.70. The number of carbonyl (C=O) groups is 1. The molecule has 8 heteroatoms. The first-order chi connectivity index (χ1) is 15.4. The first-order valence-electron chi connectivity index (χ1n) is 9.89. The number of amides is 1. The molecule has 32 heavy (non-hydrogen) atoms. The molecule has 4 aromatic rings. The average Bonchev–Trinajstić information content (AvgIpc) is 3.13. The second-order valence-corrected chi connectivity index (χ2v) is 7.17. The molecule has 2 aromatic heterocycles. The minimum Gasteiger partial charge on any atom is -0.439 e. The van der Waals surface area contributed by atoms with Gasteiger partial charge in [0.2, 0.25) is 5.88 Å². The number of benzene rings is 2. The number of nitriles is 1. The zero-order valence-corrected chi connectivity index (χ0v) is 17.8. The highest BCUT2D eigenvalue weighted by molar-refractivity contribution is 6.04. The van der Waals surface area contributed by atoms with Crippen LogP contribution in [0.1, 0.15) is 33.1 Å². The van der Waals surface area contributed by atoms with Crippen molar-refractivity contribution in [3.63, 3.8) is 0 Å². The van der Waals surface area contributed by atoms with Gasteiger partial charge in [0.15, 0.2) is 0 Å². The fourth-order valence-corrected chi connectivity index (χ4v) is 3.09. The Balaban J connectivity index is 1.49. The van der Waals surface area contributed by atoms with Gasteiger partial charge in [-0.05, 0) is 63.2 Å². The summed E-state index contributed by atoms with van der Waals surface area (Å²) in [5.74, 6) is 1.93. The van der Waals surface area contributed by atoms with E-state index in [1.165, 1.54) is 0 Å². The number of ether oxygens (including phenoxy) is 1. The van der Waals surface area contributed by atoms with E-state index in [1.54, 1.807) is 67.8 Å². The number of nitrogens with zero attached hydrogens (tertiary/aromatic N) is 5. The Hall–Kier alpha value is -4.51. The fraction of sp³-hybridized carbons (Fsp3) is 0.125. The molecule has 0 unspecified atom stereocenters. The van der Waals surface area contributed by atoms with Gasteiger partial charge < -0.3 is 10.1 Å². The van der Waals surface area contributed by atoms with Crippen LogP contribution in [0.15, 0.2) is 60.9 Å². The minimum atomic E-state index is -0.294. The molecular formula is C24H20N6O2. The predicted octanol–water partition coefficient (Wildman–Crippen LogP) is 4.50. The predicted molar refractivity (Wildman–Crippen MR) is 119 cm³/mol. The zero-order chi connectivity index (χ0) is 22.7. The van der Waals surface area contributed by atoms with Crippen LogP contribution in [-0.4, -0.2) is 25.4 Å². The summed E-state index contributed by atoms with van der Waals surface area (Å²) >= 11 is 0. The molecular weight excluding hydrogens is 404 g/mol. The number of hydrogen-bond acceptors (Lipinski definition) is 6. The van der Waals surface area contributed by atoms with Gasteiger partial charge in [0.25, 0.3) is 5.91 Å². The Morgan fingerprint density at radius 1 is 1.06 bits per heavy atom. The third-order valence-corrected chi connectivity index (χ3v) is 4.89. The van der Waals surface area contributed by atoms with E-state index in [4.69, 9.17) is 10.00 Å². The van der Waals surface area contributed by atoms with Crippen molar-refractivity contribution in [1.82, 2.24) is 19.5 Å². The van der Waals surface area contributed by atoms with Crippen molar-refractivity contribution in [2.45, 2.75) is 20.8 Å². The molecule has 0 radical (unpaired) electrons. The Kier molecular flexibility index (Phi) is 5.64. The van der Waals surface area contributed by atoms with Crippen LogP contribution >= 0.6 is 0 Å². The molecule has 0 spiro atoms. The minimum absolute atomic E-state index is 0.294. The lowest BCUT2D eigenvalue weighted by Crippen LogP contribution is -2.11. The maximum Gasteiger partial charge on any atom is 0.255 e. The van der Waals surface area contributed by atoms with Crippen molar-refractivity contribution in [2.24, 2.45) is 0 Å². The number of carbonyl (C=O) groups excluding carboxylic acids is 1. The van der Waals surface area contributed by atoms with Crippen LogP contribution in [0.25, 0.3) is 5.82 Å². The maximum absolute atomic E-state index is 12.4. The lowest BCUT2D eigenvalue weighted by Gasteiger charge is -2.10. The summed E-state index contributed by atoms with van der Waals surface area (Å²) in [7, 11) is 0. The van der Waals surface area contributed by atoms with Crippen molar-refractivity contribution in [3.8, 4) is 23.5 Å². The van der Waals surface area contributed by atoms with Gasteiger partial charge in [-0.15, -0.1) is 0 Å². The SMILES string of the molecule is Cc1nc(Oc2ccc(NC(=O)c3cccc(C#N)c3)cc2)cc(-n2cnc(C)c2C)n1. The largest absolute Gasteiger partial charge is 0.439 e. The van der Waals surface area contributed by atoms with Crippen LogP contribution < -0.4 is 10.1 Å². The van der Waals surface area contributed by atoms with Crippen molar-refractivity contribution in [1.29, 1.82) is 5.26 Å². The number of imidazole rings is 1. The fourth-order valence-electron chi connectivity index (χ4n) is 3.09. The highest BCUT2D eigenvalue weighted by atomic mass is 16.5. The first-order valence-corrected chi connectivity index (χ1v) is 9.89. The van der Waals surface area contributed by atoms with Gasteiger partial charge in [-0.25, -0.2) is 9.97 Å². The lowest BCUT2D eigenvalue weighted by atomic mass is 10.1. The van der Waals surface area contributed by atoms with Crippen molar-refractivity contribution >= 4 is 11.6 Å². The third kappa shape index (κ3) is 4.47. The normalized spacial score (nSPS) is 10.4. The van der Waals surface area contributed by atoms with E-state index in [2.05, 4.69) is 20.3 Å². The van der Waals surface area contributed by atoms with Crippen LogP contribution in [0.2, 0.25) is 0 Å². The number of anilines is 1. The highest BCUT2D eigenvalue weighted by Crippen LogP contribution is 2.24. The highest BCUT2D eigenvalue weighted by Gasteiger charge is 2.11. The maximum atomic E-state index is 12.4. The Labute approximate surface area is 185 Å². The molecule has 0 bridgehead atoms. The van der Waals surface area contributed by atoms with E-state index in [9.17, 15) is 4.79 Å². The number of nitrogens with one attached hydrogen (secondary N) is 1. The lowest BCUT2D eigenvalue weighted by molar-refractivity contribution is 0.102. The number of aryl methyl sites for hydroxylation is 2. The third-order valence-electron chi connectivity index (χ3n) is 4.89. The summed E-state index contributed by atoms with van der Waals surface area (Å²) < 4.78 is 7.80. The van der Waals surface area contributed by atoms with Gasteiger partial charge in [-0.3, -0.25) is 9.36 Å². The molecule has 0 saturated carbocycles. The van der Waals surface area contributed by atoms with E-state index in [0.29, 0.717) is 40.1 Å². The summed E-state index contributed by atoms with van der Waals surface area (Å²) in [6.45, 7) is 5.72. The van der Waals surface area contributed by atoms with E-state index < -0.39 is 0 Å². The van der Waals surface area contributed by atoms with Crippen LogP contribution in [0, 0.1) is 32.1 Å². The molecule has 8 nitrogen and oxygen atoms in total. The molecule has 2 heterocycles. The smallest absolute Gasteiger partial charge is 0.255 e. The van der Waals surface area contributed by atoms with Crippen molar-refractivity contribution in [3.05, 3.63) is 89.3 Å². The van der Waals surface area contributed by atoms with Gasteiger partial charge in [-0.1, -0.05) is 6.07 Å². The number of hydrogen-bond donors (Lipinski definition) is 1. The van der Waals surface area contributed by atoms with Crippen LogP contribution in [0.3, 0.4) is 0 Å². The summed E-state index contributed by atoms with van der Waals surface area (Å²) in [6, 6.07) is 17.3. The summed E-state index contributed by atoms with van der Waals surface area (Å²) in [4.78, 5) is 25.6. The molecule has 0 fully saturated rings. The summed E-state index contributed by atoms with van der Waals surface area (Å²) in [5, 5.41) is 11.8. The number of rotatable bonds is 5. The molecule has 0 aliphatic carbocycles. The molecule has 0 atom stereocenters. The molecule has 0 aliphatic heterocycles. The summed E-state index contributed by atoms with van der Waals surface area (Å²) in [5.41, 5.74) is 3.38. The zero-order valence-electron chi connectivity index (χ0n) is 17.8. The van der Waals surface area contributed by atoms with E-state index in [1.807, 2.05) is 24.5 Å². The van der Waals surface area contributed by atoms with E-state index in [-0.39, 0.29) is 5.91 Å². The molecule has 0 aliphatic rings. The molecule has 0 saturated heterocycles. The molecule has 1 N–H and O–H groups in total. The second-order valence-electron chi connectivity index (χ2n) is 7.17. The first kappa shape index (κ1) is 20.8. The molecule has 2 aromatic carbocycles. The average molecular weight is 424 g/mol. The van der Waals surface area contributed by atoms with Crippen LogP contribution in [0.5, 0.6) is 11.6 Å². The number of aromatic nitrogens is 4. The van der Waals surface area contributed by atoms with Gasteiger partial charge in [-0.2, -0.15) is 10.2 Å². The monoisotopic (exact) mass is 424 g/mol. The van der Waals surface area contributed by atoms with Gasteiger partial charge in [0.05, 0.1) is 17.3 Å². The van der Waals surface area contributed by atoms with Gasteiger partial charge >= 0.3 is 0 Å². The Morgan fingerprint density at radius 2 is 1.84 bits per heavy atom. The quantitative estimate of drug-likeness (QED) is 0.505. The topological polar surface area (TPSA) is 106 Å². The van der Waals surface area contributed by atoms with E-state index in [0.717, 1.165) is 11.4 Å². The van der Waals surface area contributed by atoms with Crippen molar-refractivity contribution < 1.29 is 9.53 Å². The summed E-state index contributed by atoms with van der Waals surface area (Å²) in [6.07, 6.45) is 1.72. The molecule has 158 valence electrons. The van der Waals surface area contributed by atoms with Gasteiger partial charge in [0, 0.05) is 23.0 Å². The standard InChI is InChI=1S/C24H20N6O2/c1-15-16(2)30(14-26-15)22-12-23(28-17(3)27-22)32-21-9-7-20(8-10-21)29-24(31)19-6-4-5-18(11-19)13-25/h4-12,14H,1-3H3,(H,29,31). The van der Waals surface area contributed by atoms with Crippen molar-refractivity contribution in [2.75, 3.05) is 5.32 Å². The molecule has 1 amide bonds. The van der Waals surface area contributed by atoms with Crippen LogP contribution in [-0.2, 0) is 0 Å². The van der Waals surface area contributed by atoms with Gasteiger partial charge in [0.1, 0.15) is 23.7 Å².